The van der Waals surface area contributed by atoms with Crippen molar-refractivity contribution in [1.29, 1.82) is 0 Å². The maximum atomic E-state index is 13.8. The van der Waals surface area contributed by atoms with Crippen molar-refractivity contribution in [2.75, 3.05) is 5.73 Å². The third kappa shape index (κ3) is 3.87. The van der Waals surface area contributed by atoms with Gasteiger partial charge >= 0.3 is 0 Å². The number of fused-ring (bicyclic) bond motifs is 2. The van der Waals surface area contributed by atoms with Crippen molar-refractivity contribution in [2.24, 2.45) is 7.05 Å². The Labute approximate surface area is 217 Å². The topological polar surface area (TPSA) is 138 Å². The van der Waals surface area contributed by atoms with E-state index in [0.717, 1.165) is 24.2 Å². The van der Waals surface area contributed by atoms with E-state index in [1.54, 1.807) is 42.3 Å². The number of aromatic nitrogens is 7. The fourth-order valence-corrected chi connectivity index (χ4v) is 4.59. The van der Waals surface area contributed by atoms with Crippen LogP contribution in [0.3, 0.4) is 0 Å². The molecule has 11 heteroatoms. The van der Waals surface area contributed by atoms with Gasteiger partial charge in [-0.15, -0.1) is 5.10 Å². The number of hydrogen-bond acceptors (Lipinski definition) is 7. The van der Waals surface area contributed by atoms with E-state index in [0.29, 0.717) is 27.9 Å². The van der Waals surface area contributed by atoms with Gasteiger partial charge in [0.25, 0.3) is 11.5 Å². The molecule has 1 atom stereocenters. The minimum absolute atomic E-state index is 0.0261. The van der Waals surface area contributed by atoms with Gasteiger partial charge in [-0.2, -0.15) is 0 Å². The number of nitrogens with one attached hydrogen (secondary N) is 1. The highest BCUT2D eigenvalue weighted by atomic mass is 16.2. The van der Waals surface area contributed by atoms with Crippen molar-refractivity contribution in [2.45, 2.75) is 38.8 Å². The highest BCUT2D eigenvalue weighted by Gasteiger charge is 2.31. The SMILES string of the molecule is Cc1ccnc2c(C(=O)NC(C)c3nc4cccc(C#Cc5cncn5C)c4c(=O)n3C3CC3)c(N)nn12. The quantitative estimate of drug-likeness (QED) is 0.356. The van der Waals surface area contributed by atoms with Crippen LogP contribution in [0.4, 0.5) is 5.82 Å². The number of nitrogens with zero attached hydrogens (tertiary/aromatic N) is 7. The Hall–Kier alpha value is -4.98. The lowest BCUT2D eigenvalue weighted by atomic mass is 10.1. The molecule has 1 aromatic carbocycles. The Bertz CT molecular complexity index is 1860. The molecule has 1 aliphatic rings. The van der Waals surface area contributed by atoms with Crippen LogP contribution in [0.2, 0.25) is 0 Å². The van der Waals surface area contributed by atoms with Gasteiger partial charge in [0.05, 0.1) is 29.5 Å². The maximum Gasteiger partial charge on any atom is 0.262 e. The van der Waals surface area contributed by atoms with E-state index in [1.165, 1.54) is 4.52 Å². The molecule has 1 saturated carbocycles. The number of benzene rings is 1. The molecule has 1 unspecified atom stereocenters. The molecule has 4 aromatic heterocycles. The summed E-state index contributed by atoms with van der Waals surface area (Å²) in [5.74, 6) is 6.34. The van der Waals surface area contributed by atoms with E-state index in [1.807, 2.05) is 30.7 Å². The first kappa shape index (κ1) is 23.4. The predicted octanol–water partition coefficient (Wildman–Crippen LogP) is 2.29. The third-order valence-corrected chi connectivity index (χ3v) is 6.71. The van der Waals surface area contributed by atoms with E-state index in [9.17, 15) is 9.59 Å². The second kappa shape index (κ2) is 8.85. The lowest BCUT2D eigenvalue weighted by Gasteiger charge is -2.19. The van der Waals surface area contributed by atoms with Crippen LogP contribution in [-0.4, -0.2) is 39.6 Å². The van der Waals surface area contributed by atoms with Gasteiger partial charge in [-0.05, 0) is 50.8 Å². The lowest BCUT2D eigenvalue weighted by molar-refractivity contribution is 0.0939. The van der Waals surface area contributed by atoms with Crippen LogP contribution in [0.15, 0.2) is 47.8 Å². The minimum atomic E-state index is -0.580. The van der Waals surface area contributed by atoms with Crippen molar-refractivity contribution >= 4 is 28.3 Å². The van der Waals surface area contributed by atoms with Crippen LogP contribution in [0.1, 0.15) is 65.0 Å². The first-order valence-corrected chi connectivity index (χ1v) is 12.3. The average Bonchev–Trinajstić information content (AvgIpc) is 3.54. The molecule has 1 fully saturated rings. The number of aryl methyl sites for hydroxylation is 2. The summed E-state index contributed by atoms with van der Waals surface area (Å²) in [4.78, 5) is 40.4. The van der Waals surface area contributed by atoms with Crippen molar-refractivity contribution in [3.05, 3.63) is 81.7 Å². The third-order valence-electron chi connectivity index (χ3n) is 6.71. The van der Waals surface area contributed by atoms with Crippen LogP contribution < -0.4 is 16.6 Å². The standard InChI is InChI=1S/C27H25N9O2/c1-15-11-12-30-25-22(23(28)33-36(15)25)26(37)31-16(2)24-32-20-6-4-5-17(7-8-19-13-29-14-34(19)3)21(20)27(38)35(24)18-9-10-18/h4-6,11-14,16,18H,9-10H2,1-3H3,(H2,28,33)(H,31,37). The highest BCUT2D eigenvalue weighted by molar-refractivity contribution is 6.04. The van der Waals surface area contributed by atoms with Gasteiger partial charge in [-0.3, -0.25) is 14.2 Å². The summed E-state index contributed by atoms with van der Waals surface area (Å²) in [6.07, 6.45) is 6.70. The van der Waals surface area contributed by atoms with Gasteiger partial charge in [0, 0.05) is 30.5 Å². The predicted molar refractivity (Wildman–Crippen MR) is 141 cm³/mol. The molecule has 0 radical (unpaired) electrons. The van der Waals surface area contributed by atoms with E-state index in [-0.39, 0.29) is 23.0 Å². The maximum absolute atomic E-state index is 13.8. The lowest BCUT2D eigenvalue weighted by Crippen LogP contribution is -2.34. The molecule has 6 rings (SSSR count). The Morgan fingerprint density at radius 1 is 1.24 bits per heavy atom. The summed E-state index contributed by atoms with van der Waals surface area (Å²) in [7, 11) is 1.86. The van der Waals surface area contributed by atoms with Crippen molar-refractivity contribution in [3.63, 3.8) is 0 Å². The number of amides is 1. The molecule has 38 heavy (non-hydrogen) atoms. The Kier molecular flexibility index (Phi) is 5.45. The molecule has 1 aliphatic carbocycles. The second-order valence-electron chi connectivity index (χ2n) is 9.49. The summed E-state index contributed by atoms with van der Waals surface area (Å²) in [6.45, 7) is 3.66. The fourth-order valence-electron chi connectivity index (χ4n) is 4.59. The monoisotopic (exact) mass is 507 g/mol. The molecule has 1 amide bonds. The van der Waals surface area contributed by atoms with Crippen LogP contribution >= 0.6 is 0 Å². The normalized spacial score (nSPS) is 13.9. The number of nitrogens with two attached hydrogens (primary N) is 1. The van der Waals surface area contributed by atoms with E-state index >= 15 is 0 Å². The summed E-state index contributed by atoms with van der Waals surface area (Å²) in [5, 5.41) is 7.68. The molecular weight excluding hydrogens is 482 g/mol. The highest BCUT2D eigenvalue weighted by Crippen LogP contribution is 2.36. The molecule has 0 saturated heterocycles. The van der Waals surface area contributed by atoms with E-state index in [2.05, 4.69) is 32.2 Å². The molecule has 11 nitrogen and oxygen atoms in total. The van der Waals surface area contributed by atoms with E-state index in [4.69, 9.17) is 10.7 Å². The zero-order chi connectivity index (χ0) is 26.6. The van der Waals surface area contributed by atoms with Gasteiger partial charge in [0.1, 0.15) is 17.1 Å². The summed E-state index contributed by atoms with van der Waals surface area (Å²) in [6, 6.07) is 6.66. The van der Waals surface area contributed by atoms with Crippen LogP contribution in [-0.2, 0) is 7.05 Å². The van der Waals surface area contributed by atoms with Crippen LogP contribution in [0.5, 0.6) is 0 Å². The number of imidazole rings is 1. The summed E-state index contributed by atoms with van der Waals surface area (Å²) < 4.78 is 5.05. The zero-order valence-corrected chi connectivity index (χ0v) is 21.1. The largest absolute Gasteiger partial charge is 0.381 e. The number of anilines is 1. The molecule has 5 aromatic rings. The Morgan fingerprint density at radius 3 is 2.79 bits per heavy atom. The van der Waals surface area contributed by atoms with Gasteiger partial charge in [0.2, 0.25) is 0 Å². The number of rotatable bonds is 4. The number of nitrogen functional groups attached to an aromatic ring is 1. The summed E-state index contributed by atoms with van der Waals surface area (Å²) >= 11 is 0. The number of hydrogen-bond donors (Lipinski definition) is 2. The number of carbonyl (C=O) groups excluding carboxylic acids is 1. The molecule has 190 valence electrons. The molecule has 0 spiro atoms. The zero-order valence-electron chi connectivity index (χ0n) is 21.1. The molecule has 4 heterocycles. The van der Waals surface area contributed by atoms with Gasteiger partial charge in [-0.1, -0.05) is 12.0 Å². The second-order valence-corrected chi connectivity index (χ2v) is 9.49. The first-order chi connectivity index (χ1) is 18.3. The fraction of sp³-hybridized carbons (Fsp3) is 0.259. The summed E-state index contributed by atoms with van der Waals surface area (Å²) in [5.41, 5.74) is 9.14. The van der Waals surface area contributed by atoms with Crippen LogP contribution in [0, 0.1) is 18.8 Å². The molecule has 3 N–H and O–H groups in total. The van der Waals surface area contributed by atoms with Gasteiger partial charge < -0.3 is 15.6 Å². The van der Waals surface area contributed by atoms with Crippen molar-refractivity contribution < 1.29 is 4.79 Å². The Balaban J connectivity index is 1.41. The van der Waals surface area contributed by atoms with Crippen molar-refractivity contribution in [3.8, 4) is 11.8 Å². The molecular formula is C27H25N9O2. The van der Waals surface area contributed by atoms with E-state index < -0.39 is 11.9 Å². The van der Waals surface area contributed by atoms with Crippen molar-refractivity contribution in [1.82, 2.24) is 39.0 Å². The molecule has 0 bridgehead atoms. The van der Waals surface area contributed by atoms with Gasteiger partial charge in [-0.25, -0.2) is 19.5 Å². The molecule has 0 aliphatic heterocycles. The van der Waals surface area contributed by atoms with Gasteiger partial charge in [0.15, 0.2) is 11.5 Å². The smallest absolute Gasteiger partial charge is 0.262 e. The number of carbonyl (C=O) groups is 1. The average molecular weight is 508 g/mol. The first-order valence-electron chi connectivity index (χ1n) is 12.3. The Morgan fingerprint density at radius 2 is 2.05 bits per heavy atom. The van der Waals surface area contributed by atoms with Crippen LogP contribution in [0.25, 0.3) is 16.6 Å². The minimum Gasteiger partial charge on any atom is -0.381 e.